The molecule has 0 radical (unpaired) electrons. The molecule has 0 aliphatic heterocycles. The molecule has 0 rings (SSSR count). The first kappa shape index (κ1) is 48.3. The SMILES string of the molecule is CC/C=C\C/C=C\C/C=C\C/C=C\C/C=C\C/C=C\CCCCC(=O)OC(CO)COC(=O)CCCCCCCCCCCCCCCCCC. The van der Waals surface area contributed by atoms with Gasteiger partial charge in [0.05, 0.1) is 6.61 Å². The Morgan fingerprint density at radius 1 is 0.471 bits per heavy atom. The van der Waals surface area contributed by atoms with Crippen molar-refractivity contribution in [3.8, 4) is 0 Å². The van der Waals surface area contributed by atoms with Crippen molar-refractivity contribution >= 4 is 11.9 Å². The summed E-state index contributed by atoms with van der Waals surface area (Å²) in [5, 5.41) is 9.57. The van der Waals surface area contributed by atoms with Gasteiger partial charge in [0.1, 0.15) is 6.61 Å². The Morgan fingerprint density at radius 3 is 1.27 bits per heavy atom. The van der Waals surface area contributed by atoms with Crippen LogP contribution in [0.25, 0.3) is 0 Å². The lowest BCUT2D eigenvalue weighted by Crippen LogP contribution is -2.28. The Hall–Kier alpha value is -2.66. The number of rotatable bonds is 37. The molecule has 0 fully saturated rings. The predicted molar refractivity (Wildman–Crippen MR) is 219 cm³/mol. The summed E-state index contributed by atoms with van der Waals surface area (Å²) in [6.07, 6.45) is 55.4. The maximum absolute atomic E-state index is 12.2. The smallest absolute Gasteiger partial charge is 0.306 e. The molecule has 0 aromatic carbocycles. The van der Waals surface area contributed by atoms with Crippen LogP contribution in [-0.4, -0.2) is 36.4 Å². The van der Waals surface area contributed by atoms with Gasteiger partial charge in [-0.3, -0.25) is 9.59 Å². The number of hydrogen-bond acceptors (Lipinski definition) is 5. The average Bonchev–Trinajstić information content (AvgIpc) is 3.13. The number of aliphatic hydroxyl groups excluding tert-OH is 1. The summed E-state index contributed by atoms with van der Waals surface area (Å²) in [5.74, 6) is -0.642. The van der Waals surface area contributed by atoms with Crippen LogP contribution < -0.4 is 0 Å². The third kappa shape index (κ3) is 40.0. The van der Waals surface area contributed by atoms with Gasteiger partial charge in [-0.25, -0.2) is 0 Å². The Bertz CT molecular complexity index is 941. The summed E-state index contributed by atoms with van der Waals surface area (Å²) in [4.78, 5) is 24.3. The van der Waals surface area contributed by atoms with Gasteiger partial charge < -0.3 is 14.6 Å². The van der Waals surface area contributed by atoms with E-state index < -0.39 is 6.10 Å². The van der Waals surface area contributed by atoms with Crippen LogP contribution in [0.4, 0.5) is 0 Å². The highest BCUT2D eigenvalue weighted by molar-refractivity contribution is 5.70. The number of ether oxygens (including phenoxy) is 2. The van der Waals surface area contributed by atoms with Gasteiger partial charge in [-0.2, -0.15) is 0 Å². The zero-order valence-corrected chi connectivity index (χ0v) is 33.1. The van der Waals surface area contributed by atoms with Crippen molar-refractivity contribution in [2.45, 2.75) is 193 Å². The van der Waals surface area contributed by atoms with Crippen LogP contribution in [0.5, 0.6) is 0 Å². The third-order valence-electron chi connectivity index (χ3n) is 8.76. The van der Waals surface area contributed by atoms with E-state index >= 15 is 0 Å². The molecule has 5 nitrogen and oxygen atoms in total. The Balaban J connectivity index is 3.66. The monoisotopic (exact) mass is 711 g/mol. The van der Waals surface area contributed by atoms with E-state index in [0.717, 1.165) is 77.0 Å². The molecule has 1 unspecified atom stereocenters. The van der Waals surface area contributed by atoms with E-state index in [1.807, 2.05) is 0 Å². The summed E-state index contributed by atoms with van der Waals surface area (Å²) in [5.41, 5.74) is 0. The largest absolute Gasteiger partial charge is 0.462 e. The van der Waals surface area contributed by atoms with Crippen LogP contribution >= 0.6 is 0 Å². The van der Waals surface area contributed by atoms with Gasteiger partial charge in [-0.15, -0.1) is 0 Å². The maximum Gasteiger partial charge on any atom is 0.306 e. The number of carbonyl (C=O) groups excluding carboxylic acids is 2. The lowest BCUT2D eigenvalue weighted by atomic mass is 10.0. The molecule has 0 aromatic heterocycles. The number of allylic oxidation sites excluding steroid dienone is 12. The topological polar surface area (TPSA) is 72.8 Å². The number of esters is 2. The van der Waals surface area contributed by atoms with Crippen molar-refractivity contribution < 1.29 is 24.2 Å². The van der Waals surface area contributed by atoms with Gasteiger partial charge >= 0.3 is 11.9 Å². The Kier molecular flexibility index (Phi) is 39.6. The zero-order chi connectivity index (χ0) is 37.1. The molecule has 1 N–H and O–H groups in total. The second-order valence-electron chi connectivity index (χ2n) is 13.7. The number of unbranched alkanes of at least 4 members (excludes halogenated alkanes) is 17. The first-order chi connectivity index (χ1) is 25.1. The molecule has 1 atom stereocenters. The van der Waals surface area contributed by atoms with E-state index in [1.54, 1.807) is 0 Å². The van der Waals surface area contributed by atoms with Crippen molar-refractivity contribution in [2.75, 3.05) is 13.2 Å². The highest BCUT2D eigenvalue weighted by Crippen LogP contribution is 2.14. The van der Waals surface area contributed by atoms with Crippen LogP contribution in [0.1, 0.15) is 187 Å². The predicted octanol–water partition coefficient (Wildman–Crippen LogP) is 13.3. The molecule has 0 aromatic rings. The van der Waals surface area contributed by atoms with Gasteiger partial charge in [0.15, 0.2) is 6.10 Å². The van der Waals surface area contributed by atoms with Gasteiger partial charge in [-0.05, 0) is 64.2 Å². The maximum atomic E-state index is 12.2. The molecular formula is C46H78O5. The molecule has 51 heavy (non-hydrogen) atoms. The fraction of sp³-hybridized carbons (Fsp3) is 0.696. The summed E-state index contributed by atoms with van der Waals surface area (Å²) in [6.45, 7) is 3.99. The lowest BCUT2D eigenvalue weighted by Gasteiger charge is -2.15. The standard InChI is InChI=1S/C46H78O5/c1-3-5-7-9-11-13-15-17-19-21-22-23-24-25-27-29-31-33-35-37-39-41-46(49)51-44(42-47)43-50-45(48)40-38-36-34-32-30-28-26-20-18-16-14-12-10-8-6-4-2/h5,7,11,13,17,19,22-23,25,27,31,33,44,47H,3-4,6,8-10,12,14-16,18,20-21,24,26,28-30,32,34-43H2,1-2H3/b7-5-,13-11-,19-17-,23-22-,27-25-,33-31-. The molecule has 0 aliphatic carbocycles. The van der Waals surface area contributed by atoms with Gasteiger partial charge in [0.25, 0.3) is 0 Å². The molecule has 0 saturated heterocycles. The fourth-order valence-electron chi connectivity index (χ4n) is 5.62. The fourth-order valence-corrected chi connectivity index (χ4v) is 5.62. The van der Waals surface area contributed by atoms with Crippen LogP contribution in [0.3, 0.4) is 0 Å². The van der Waals surface area contributed by atoms with E-state index in [2.05, 4.69) is 86.8 Å². The van der Waals surface area contributed by atoms with Crippen LogP contribution in [-0.2, 0) is 19.1 Å². The van der Waals surface area contributed by atoms with E-state index in [9.17, 15) is 14.7 Å². The Morgan fingerprint density at radius 2 is 0.843 bits per heavy atom. The highest BCUT2D eigenvalue weighted by atomic mass is 16.6. The minimum atomic E-state index is -0.796. The van der Waals surface area contributed by atoms with Crippen molar-refractivity contribution in [2.24, 2.45) is 0 Å². The van der Waals surface area contributed by atoms with Gasteiger partial charge in [0.2, 0.25) is 0 Å². The summed E-state index contributed by atoms with van der Waals surface area (Å²) in [7, 11) is 0. The molecule has 0 saturated carbocycles. The first-order valence-corrected chi connectivity index (χ1v) is 21.0. The first-order valence-electron chi connectivity index (χ1n) is 21.0. The molecule has 0 aliphatic rings. The summed E-state index contributed by atoms with van der Waals surface area (Å²) in [6, 6.07) is 0. The van der Waals surface area contributed by atoms with E-state index in [1.165, 1.54) is 83.5 Å². The average molecular weight is 711 g/mol. The van der Waals surface area contributed by atoms with Crippen LogP contribution in [0.2, 0.25) is 0 Å². The van der Waals surface area contributed by atoms with Crippen molar-refractivity contribution in [3.63, 3.8) is 0 Å². The van der Waals surface area contributed by atoms with Crippen molar-refractivity contribution in [3.05, 3.63) is 72.9 Å². The normalized spacial score (nSPS) is 12.9. The van der Waals surface area contributed by atoms with Crippen LogP contribution in [0, 0.1) is 0 Å². The number of aliphatic hydroxyl groups is 1. The summed E-state index contributed by atoms with van der Waals surface area (Å²) >= 11 is 0. The second kappa shape index (κ2) is 41.8. The van der Waals surface area contributed by atoms with E-state index in [4.69, 9.17) is 9.47 Å². The number of hydrogen-bond donors (Lipinski definition) is 1. The van der Waals surface area contributed by atoms with E-state index in [0.29, 0.717) is 12.8 Å². The minimum absolute atomic E-state index is 0.0849. The quantitative estimate of drug-likeness (QED) is 0.0395. The molecule has 0 heterocycles. The van der Waals surface area contributed by atoms with Gasteiger partial charge in [-0.1, -0.05) is 183 Å². The molecule has 0 amide bonds. The van der Waals surface area contributed by atoms with Crippen molar-refractivity contribution in [1.82, 2.24) is 0 Å². The molecule has 292 valence electrons. The Labute approximate surface area is 314 Å². The lowest BCUT2D eigenvalue weighted by molar-refractivity contribution is -0.161. The summed E-state index contributed by atoms with van der Waals surface area (Å²) < 4.78 is 10.6. The van der Waals surface area contributed by atoms with Crippen molar-refractivity contribution in [1.29, 1.82) is 0 Å². The second-order valence-corrected chi connectivity index (χ2v) is 13.7. The molecular weight excluding hydrogens is 633 g/mol. The minimum Gasteiger partial charge on any atom is -0.462 e. The molecule has 0 spiro atoms. The highest BCUT2D eigenvalue weighted by Gasteiger charge is 2.16. The zero-order valence-electron chi connectivity index (χ0n) is 33.1. The van der Waals surface area contributed by atoms with Gasteiger partial charge in [0, 0.05) is 12.8 Å². The molecule has 5 heteroatoms. The molecule has 0 bridgehead atoms. The van der Waals surface area contributed by atoms with Crippen LogP contribution in [0.15, 0.2) is 72.9 Å². The number of carbonyl (C=O) groups is 2. The third-order valence-corrected chi connectivity index (χ3v) is 8.76. The van der Waals surface area contributed by atoms with E-state index in [-0.39, 0.29) is 25.2 Å².